The first-order chi connectivity index (χ1) is 10.6. The normalized spacial score (nSPS) is 9.86. The van der Waals surface area contributed by atoms with Gasteiger partial charge < -0.3 is 14.2 Å². The number of nitro groups is 1. The fourth-order valence-electron chi connectivity index (χ4n) is 1.67. The van der Waals surface area contributed by atoms with Crippen molar-refractivity contribution < 1.29 is 23.9 Å². The van der Waals surface area contributed by atoms with Crippen LogP contribution in [0.1, 0.15) is 0 Å². The Balaban J connectivity index is 2.04. The summed E-state index contributed by atoms with van der Waals surface area (Å²) in [6, 6.07) is 12.5. The average molecular weight is 303 g/mol. The van der Waals surface area contributed by atoms with Gasteiger partial charge in [0.1, 0.15) is 5.75 Å². The molecule has 0 saturated heterocycles. The Morgan fingerprint density at radius 1 is 1.14 bits per heavy atom. The molecule has 0 radical (unpaired) electrons. The van der Waals surface area contributed by atoms with Crippen LogP contribution < -0.4 is 14.2 Å². The van der Waals surface area contributed by atoms with E-state index < -0.39 is 10.9 Å². The van der Waals surface area contributed by atoms with Crippen LogP contribution in [0.5, 0.6) is 17.2 Å². The molecule has 0 aliphatic carbocycles. The van der Waals surface area contributed by atoms with Crippen molar-refractivity contribution in [3.8, 4) is 17.2 Å². The predicted molar refractivity (Wildman–Crippen MR) is 77.2 cm³/mol. The van der Waals surface area contributed by atoms with Gasteiger partial charge in [0.05, 0.1) is 18.1 Å². The van der Waals surface area contributed by atoms with Crippen molar-refractivity contribution in [1.82, 2.24) is 0 Å². The minimum absolute atomic E-state index is 0.0293. The van der Waals surface area contributed by atoms with Gasteiger partial charge in [0.15, 0.2) is 18.1 Å². The van der Waals surface area contributed by atoms with Crippen molar-refractivity contribution in [3.05, 3.63) is 58.6 Å². The van der Waals surface area contributed by atoms with Crippen LogP contribution in [-0.2, 0) is 4.79 Å². The second-order valence-electron chi connectivity index (χ2n) is 4.17. The van der Waals surface area contributed by atoms with Crippen LogP contribution in [0.4, 0.5) is 5.69 Å². The van der Waals surface area contributed by atoms with E-state index in [1.807, 2.05) is 6.07 Å². The smallest absolute Gasteiger partial charge is 0.349 e. The molecule has 0 heterocycles. The summed E-state index contributed by atoms with van der Waals surface area (Å²) in [7, 11) is 1.37. The zero-order chi connectivity index (χ0) is 15.9. The van der Waals surface area contributed by atoms with Crippen molar-refractivity contribution in [2.24, 2.45) is 0 Å². The summed E-state index contributed by atoms with van der Waals surface area (Å²) in [6.45, 7) is -0.324. The number of hydrogen-bond acceptors (Lipinski definition) is 6. The highest BCUT2D eigenvalue weighted by molar-refractivity contribution is 5.75. The second-order valence-corrected chi connectivity index (χ2v) is 4.17. The maximum absolute atomic E-state index is 11.8. The lowest BCUT2D eigenvalue weighted by Gasteiger charge is -2.09. The molecule has 0 amide bonds. The second kappa shape index (κ2) is 7.07. The Kier molecular flexibility index (Phi) is 4.92. The van der Waals surface area contributed by atoms with Gasteiger partial charge in [-0.2, -0.15) is 0 Å². The van der Waals surface area contributed by atoms with Crippen LogP contribution in [0.15, 0.2) is 48.5 Å². The van der Waals surface area contributed by atoms with Crippen LogP contribution in [0, 0.1) is 10.1 Å². The highest BCUT2D eigenvalue weighted by atomic mass is 16.6. The molecule has 22 heavy (non-hydrogen) atoms. The van der Waals surface area contributed by atoms with E-state index in [4.69, 9.17) is 14.2 Å². The third-order valence-corrected chi connectivity index (χ3v) is 2.68. The molecule has 2 aromatic carbocycles. The Labute approximate surface area is 126 Å². The Morgan fingerprint density at radius 2 is 1.86 bits per heavy atom. The lowest BCUT2D eigenvalue weighted by Crippen LogP contribution is -2.18. The van der Waals surface area contributed by atoms with E-state index in [0.29, 0.717) is 5.75 Å². The number of rotatable bonds is 6. The molecule has 0 aliphatic heterocycles. The number of esters is 1. The summed E-state index contributed by atoms with van der Waals surface area (Å²) in [4.78, 5) is 21.9. The fourth-order valence-corrected chi connectivity index (χ4v) is 1.67. The monoisotopic (exact) mass is 303 g/mol. The van der Waals surface area contributed by atoms with E-state index in [1.54, 1.807) is 24.3 Å². The van der Waals surface area contributed by atoms with Gasteiger partial charge in [-0.05, 0) is 18.2 Å². The van der Waals surface area contributed by atoms with E-state index in [9.17, 15) is 14.9 Å². The van der Waals surface area contributed by atoms with Crippen LogP contribution >= 0.6 is 0 Å². The summed E-state index contributed by atoms with van der Waals surface area (Å²) in [5.74, 6) is 0.0186. The molecule has 0 aromatic heterocycles. The standard InChI is InChI=1S/C15H13NO6/c1-20-13-8-7-11(16(18)19)9-14(13)22-15(17)10-21-12-5-3-2-4-6-12/h2-9H,10H2,1H3. The summed E-state index contributed by atoms with van der Waals surface area (Å²) in [5, 5.41) is 10.7. The molecular formula is C15H13NO6. The molecule has 7 heteroatoms. The fraction of sp³-hybridized carbons (Fsp3) is 0.133. The number of hydrogen-bond donors (Lipinski definition) is 0. The number of methoxy groups -OCH3 is 1. The molecule has 2 aromatic rings. The Hall–Kier alpha value is -3.09. The van der Waals surface area contributed by atoms with E-state index in [1.165, 1.54) is 19.2 Å². The SMILES string of the molecule is COc1ccc([N+](=O)[O-])cc1OC(=O)COc1ccccc1. The molecule has 0 fully saturated rings. The number of para-hydroxylation sites is 1. The van der Waals surface area contributed by atoms with Gasteiger partial charge in [-0.25, -0.2) is 4.79 Å². The van der Waals surface area contributed by atoms with Crippen LogP contribution in [-0.4, -0.2) is 24.6 Å². The molecule has 0 atom stereocenters. The Morgan fingerprint density at radius 3 is 2.50 bits per heavy atom. The maximum Gasteiger partial charge on any atom is 0.349 e. The van der Waals surface area contributed by atoms with E-state index in [2.05, 4.69) is 0 Å². The average Bonchev–Trinajstić information content (AvgIpc) is 2.53. The van der Waals surface area contributed by atoms with Gasteiger partial charge in [0, 0.05) is 6.07 Å². The van der Waals surface area contributed by atoms with Crippen molar-refractivity contribution in [1.29, 1.82) is 0 Å². The predicted octanol–water partition coefficient (Wildman–Crippen LogP) is 2.59. The van der Waals surface area contributed by atoms with Gasteiger partial charge in [-0.1, -0.05) is 18.2 Å². The maximum atomic E-state index is 11.8. The first-order valence-corrected chi connectivity index (χ1v) is 6.31. The lowest BCUT2D eigenvalue weighted by molar-refractivity contribution is -0.384. The molecule has 114 valence electrons. The van der Waals surface area contributed by atoms with Gasteiger partial charge >= 0.3 is 5.97 Å². The van der Waals surface area contributed by atoms with Gasteiger partial charge in [-0.15, -0.1) is 0 Å². The van der Waals surface area contributed by atoms with E-state index >= 15 is 0 Å². The van der Waals surface area contributed by atoms with E-state index in [0.717, 1.165) is 6.07 Å². The molecule has 0 bridgehead atoms. The number of nitro benzene ring substituents is 1. The highest BCUT2D eigenvalue weighted by Crippen LogP contribution is 2.31. The minimum atomic E-state index is -0.692. The molecule has 7 nitrogen and oxygen atoms in total. The van der Waals surface area contributed by atoms with E-state index in [-0.39, 0.29) is 23.8 Å². The number of carbonyl (C=O) groups is 1. The molecule has 0 spiro atoms. The quantitative estimate of drug-likeness (QED) is 0.353. The highest BCUT2D eigenvalue weighted by Gasteiger charge is 2.16. The molecular weight excluding hydrogens is 290 g/mol. The first-order valence-electron chi connectivity index (χ1n) is 6.31. The molecule has 2 rings (SSSR count). The van der Waals surface area contributed by atoms with Crippen LogP contribution in [0.3, 0.4) is 0 Å². The molecule has 0 N–H and O–H groups in total. The summed E-state index contributed by atoms with van der Waals surface area (Å²) in [6.07, 6.45) is 0. The Bertz CT molecular complexity index is 671. The lowest BCUT2D eigenvalue weighted by atomic mass is 10.3. The summed E-state index contributed by atoms with van der Waals surface area (Å²) in [5.41, 5.74) is -0.201. The number of nitrogens with zero attached hydrogens (tertiary/aromatic N) is 1. The van der Waals surface area contributed by atoms with Crippen molar-refractivity contribution in [2.45, 2.75) is 0 Å². The number of non-ortho nitro benzene ring substituents is 1. The van der Waals surface area contributed by atoms with Crippen molar-refractivity contribution >= 4 is 11.7 Å². The third-order valence-electron chi connectivity index (χ3n) is 2.68. The van der Waals surface area contributed by atoms with Gasteiger partial charge in [0.25, 0.3) is 5.69 Å². The van der Waals surface area contributed by atoms with Crippen molar-refractivity contribution in [2.75, 3.05) is 13.7 Å². The third kappa shape index (κ3) is 3.95. The number of ether oxygens (including phenoxy) is 3. The molecule has 0 saturated carbocycles. The summed E-state index contributed by atoms with van der Waals surface area (Å²) < 4.78 is 15.3. The molecule has 0 aliphatic rings. The van der Waals surface area contributed by atoms with Crippen LogP contribution in [0.2, 0.25) is 0 Å². The van der Waals surface area contributed by atoms with Crippen LogP contribution in [0.25, 0.3) is 0 Å². The summed E-state index contributed by atoms with van der Waals surface area (Å²) >= 11 is 0. The van der Waals surface area contributed by atoms with Gasteiger partial charge in [-0.3, -0.25) is 10.1 Å². The zero-order valence-corrected chi connectivity index (χ0v) is 11.7. The minimum Gasteiger partial charge on any atom is -0.493 e. The first kappa shape index (κ1) is 15.3. The van der Waals surface area contributed by atoms with Crippen molar-refractivity contribution in [3.63, 3.8) is 0 Å². The number of carbonyl (C=O) groups excluding carboxylic acids is 1. The van der Waals surface area contributed by atoms with Gasteiger partial charge in [0.2, 0.25) is 0 Å². The zero-order valence-electron chi connectivity index (χ0n) is 11.7. The largest absolute Gasteiger partial charge is 0.493 e. The molecule has 0 unspecified atom stereocenters. The topological polar surface area (TPSA) is 87.9 Å². The number of benzene rings is 2.